The average molecular weight is 432 g/mol. The SMILES string of the molecule is Oc1cc2c(cn1)CN(c1nccc(-c3nccc(C#Cc4ccc5[nH]ncc5c4)n3)n1)C2. The Kier molecular flexibility index (Phi) is 4.40. The number of nitrogens with zero attached hydrogens (tertiary/aromatic N) is 7. The van der Waals surface area contributed by atoms with Gasteiger partial charge < -0.3 is 10.0 Å². The van der Waals surface area contributed by atoms with Crippen molar-refractivity contribution >= 4 is 16.9 Å². The fourth-order valence-corrected chi connectivity index (χ4v) is 3.74. The number of benzene rings is 1. The Labute approximate surface area is 188 Å². The number of aromatic hydroxyl groups is 1. The first kappa shape index (κ1) is 18.9. The number of aromatic amines is 1. The van der Waals surface area contributed by atoms with Crippen LogP contribution >= 0.6 is 0 Å². The summed E-state index contributed by atoms with van der Waals surface area (Å²) in [6, 6.07) is 11.1. The first-order valence-corrected chi connectivity index (χ1v) is 10.2. The van der Waals surface area contributed by atoms with E-state index in [1.165, 1.54) is 0 Å². The van der Waals surface area contributed by atoms with E-state index in [9.17, 15) is 5.11 Å². The Hall–Kier alpha value is -4.84. The summed E-state index contributed by atoms with van der Waals surface area (Å²) in [6.07, 6.45) is 6.82. The topological polar surface area (TPSA) is 117 Å². The van der Waals surface area contributed by atoms with Gasteiger partial charge >= 0.3 is 0 Å². The second kappa shape index (κ2) is 7.69. The molecule has 6 rings (SSSR count). The molecule has 0 unspecified atom stereocenters. The van der Waals surface area contributed by atoms with E-state index in [-0.39, 0.29) is 5.88 Å². The lowest BCUT2D eigenvalue weighted by molar-refractivity contribution is 0.452. The van der Waals surface area contributed by atoms with E-state index in [4.69, 9.17) is 0 Å². The maximum Gasteiger partial charge on any atom is 0.226 e. The van der Waals surface area contributed by atoms with Gasteiger partial charge in [-0.15, -0.1) is 0 Å². The predicted molar refractivity (Wildman–Crippen MR) is 121 cm³/mol. The minimum absolute atomic E-state index is 0.0151. The van der Waals surface area contributed by atoms with Crippen LogP contribution in [0.15, 0.2) is 61.2 Å². The van der Waals surface area contributed by atoms with Crippen LogP contribution in [0.4, 0.5) is 5.95 Å². The number of rotatable bonds is 2. The van der Waals surface area contributed by atoms with Crippen molar-refractivity contribution < 1.29 is 5.11 Å². The smallest absolute Gasteiger partial charge is 0.226 e. The molecule has 1 aliphatic heterocycles. The summed E-state index contributed by atoms with van der Waals surface area (Å²) in [4.78, 5) is 24.0. The summed E-state index contributed by atoms with van der Waals surface area (Å²) in [5.41, 5.74) is 5.12. The third kappa shape index (κ3) is 3.70. The highest BCUT2D eigenvalue weighted by molar-refractivity contribution is 5.79. The van der Waals surface area contributed by atoms with Gasteiger partial charge in [-0.3, -0.25) is 5.10 Å². The van der Waals surface area contributed by atoms with Gasteiger partial charge in [-0.1, -0.05) is 5.92 Å². The molecule has 1 aromatic carbocycles. The second-order valence-electron chi connectivity index (χ2n) is 7.60. The zero-order chi connectivity index (χ0) is 22.2. The number of hydrogen-bond acceptors (Lipinski definition) is 8. The van der Waals surface area contributed by atoms with Crippen LogP contribution in [-0.2, 0) is 13.1 Å². The third-order valence-electron chi connectivity index (χ3n) is 5.38. The van der Waals surface area contributed by atoms with Gasteiger partial charge in [0.25, 0.3) is 0 Å². The molecule has 2 N–H and O–H groups in total. The van der Waals surface area contributed by atoms with E-state index in [1.807, 2.05) is 23.1 Å². The Balaban J connectivity index is 1.26. The maximum atomic E-state index is 9.63. The number of aromatic nitrogens is 7. The van der Waals surface area contributed by atoms with Crippen LogP contribution in [0.3, 0.4) is 0 Å². The minimum Gasteiger partial charge on any atom is -0.493 e. The van der Waals surface area contributed by atoms with Gasteiger partial charge in [0, 0.05) is 48.7 Å². The molecule has 0 saturated carbocycles. The molecule has 5 heterocycles. The number of nitrogens with one attached hydrogen (secondary N) is 1. The van der Waals surface area contributed by atoms with Crippen LogP contribution in [0.2, 0.25) is 0 Å². The third-order valence-corrected chi connectivity index (χ3v) is 5.38. The molecule has 0 fully saturated rings. The van der Waals surface area contributed by atoms with Crippen molar-refractivity contribution in [2.45, 2.75) is 13.1 Å². The highest BCUT2D eigenvalue weighted by Gasteiger charge is 2.22. The highest BCUT2D eigenvalue weighted by Crippen LogP contribution is 2.28. The van der Waals surface area contributed by atoms with Crippen LogP contribution in [0.1, 0.15) is 22.4 Å². The quantitative estimate of drug-likeness (QED) is 0.409. The highest BCUT2D eigenvalue weighted by atomic mass is 16.3. The maximum absolute atomic E-state index is 9.63. The van der Waals surface area contributed by atoms with Crippen LogP contribution < -0.4 is 4.90 Å². The summed E-state index contributed by atoms with van der Waals surface area (Å²) < 4.78 is 0. The van der Waals surface area contributed by atoms with E-state index >= 15 is 0 Å². The van der Waals surface area contributed by atoms with Gasteiger partial charge in [0.15, 0.2) is 5.82 Å². The summed E-state index contributed by atoms with van der Waals surface area (Å²) in [5.74, 6) is 7.30. The Bertz CT molecular complexity index is 1570. The molecule has 0 atom stereocenters. The summed E-state index contributed by atoms with van der Waals surface area (Å²) in [7, 11) is 0. The van der Waals surface area contributed by atoms with Crippen LogP contribution in [0.5, 0.6) is 5.88 Å². The van der Waals surface area contributed by atoms with Crippen LogP contribution in [0.25, 0.3) is 22.4 Å². The zero-order valence-corrected chi connectivity index (χ0v) is 17.3. The molecule has 158 valence electrons. The normalized spacial score (nSPS) is 12.4. The van der Waals surface area contributed by atoms with Crippen LogP contribution in [0, 0.1) is 11.8 Å². The lowest BCUT2D eigenvalue weighted by atomic mass is 10.1. The Morgan fingerprint density at radius 3 is 2.76 bits per heavy atom. The van der Waals surface area contributed by atoms with E-state index in [2.05, 4.69) is 47.0 Å². The number of fused-ring (bicyclic) bond motifs is 2. The van der Waals surface area contributed by atoms with Crippen molar-refractivity contribution in [3.63, 3.8) is 0 Å². The van der Waals surface area contributed by atoms with Crippen molar-refractivity contribution in [3.05, 3.63) is 83.6 Å². The van der Waals surface area contributed by atoms with Gasteiger partial charge in [-0.25, -0.2) is 24.9 Å². The van der Waals surface area contributed by atoms with Crippen molar-refractivity contribution in [3.8, 4) is 29.2 Å². The van der Waals surface area contributed by atoms with Crippen molar-refractivity contribution in [1.29, 1.82) is 0 Å². The summed E-state index contributed by atoms with van der Waals surface area (Å²) >= 11 is 0. The van der Waals surface area contributed by atoms with E-state index in [0.717, 1.165) is 27.6 Å². The lowest BCUT2D eigenvalue weighted by Crippen LogP contribution is -2.17. The molecule has 0 spiro atoms. The van der Waals surface area contributed by atoms with Gasteiger partial charge in [-0.2, -0.15) is 5.10 Å². The standard InChI is InChI=1S/C24H16N8O/c33-22-10-17-13-32(14-18(17)11-27-22)24-26-8-6-21(30-24)23-25-7-5-19(29-23)3-1-15-2-4-20-16(9-15)12-28-31-20/h2,4-12H,13-14H2,(H,27,33)(H,28,31). The molecule has 4 aromatic heterocycles. The summed E-state index contributed by atoms with van der Waals surface area (Å²) in [6.45, 7) is 1.22. The van der Waals surface area contributed by atoms with Crippen LogP contribution in [-0.4, -0.2) is 40.2 Å². The number of pyridine rings is 1. The molecule has 0 bridgehead atoms. The number of H-pyrrole nitrogens is 1. The molecular weight excluding hydrogens is 416 g/mol. The molecule has 5 aromatic rings. The minimum atomic E-state index is 0.0151. The van der Waals surface area contributed by atoms with E-state index in [1.54, 1.807) is 43.0 Å². The van der Waals surface area contributed by atoms with E-state index in [0.29, 0.717) is 36.3 Å². The first-order valence-electron chi connectivity index (χ1n) is 10.2. The molecule has 0 radical (unpaired) electrons. The lowest BCUT2D eigenvalue weighted by Gasteiger charge is -2.15. The van der Waals surface area contributed by atoms with E-state index < -0.39 is 0 Å². The first-order chi connectivity index (χ1) is 16.2. The molecule has 9 nitrogen and oxygen atoms in total. The van der Waals surface area contributed by atoms with Gasteiger partial charge in [0.05, 0.1) is 11.7 Å². The average Bonchev–Trinajstić information content (AvgIpc) is 3.49. The van der Waals surface area contributed by atoms with Gasteiger partial charge in [-0.05, 0) is 47.4 Å². The monoisotopic (exact) mass is 432 g/mol. The predicted octanol–water partition coefficient (Wildman–Crippen LogP) is 2.83. The molecule has 0 aliphatic carbocycles. The fraction of sp³-hybridized carbons (Fsp3) is 0.0833. The van der Waals surface area contributed by atoms with Gasteiger partial charge in [0.1, 0.15) is 11.4 Å². The number of hydrogen-bond donors (Lipinski definition) is 2. The number of anilines is 1. The Morgan fingerprint density at radius 1 is 0.879 bits per heavy atom. The zero-order valence-electron chi connectivity index (χ0n) is 17.3. The van der Waals surface area contributed by atoms with Gasteiger partial charge in [0.2, 0.25) is 11.8 Å². The molecule has 9 heteroatoms. The summed E-state index contributed by atoms with van der Waals surface area (Å²) in [5, 5.41) is 17.6. The second-order valence-corrected chi connectivity index (χ2v) is 7.60. The molecular formula is C24H16N8O. The molecule has 1 aliphatic rings. The van der Waals surface area contributed by atoms with Crippen molar-refractivity contribution in [1.82, 2.24) is 35.1 Å². The Morgan fingerprint density at radius 2 is 1.79 bits per heavy atom. The fourth-order valence-electron chi connectivity index (χ4n) is 3.74. The molecule has 0 saturated heterocycles. The largest absolute Gasteiger partial charge is 0.493 e. The molecule has 33 heavy (non-hydrogen) atoms. The van der Waals surface area contributed by atoms with Crippen molar-refractivity contribution in [2.24, 2.45) is 0 Å². The molecule has 0 amide bonds. The van der Waals surface area contributed by atoms with Crippen molar-refractivity contribution in [2.75, 3.05) is 4.90 Å².